The first-order chi connectivity index (χ1) is 30.9. The Morgan fingerprint density at radius 1 is 0.800 bits per heavy atom. The topological polar surface area (TPSA) is 161 Å². The molecule has 0 spiro atoms. The number of hydrogen-bond acceptors (Lipinski definition) is 10. The number of aromatic carboxylic acids is 1. The normalized spacial score (nSPS) is 14.0. The molecule has 1 aliphatic heterocycles. The van der Waals surface area contributed by atoms with Crippen LogP contribution in [0.2, 0.25) is 0 Å². The van der Waals surface area contributed by atoms with E-state index in [1.807, 2.05) is 42.5 Å². The molecule has 19 heteroatoms. The summed E-state index contributed by atoms with van der Waals surface area (Å²) in [4.78, 5) is 15.7. The van der Waals surface area contributed by atoms with E-state index < -0.39 is 58.7 Å². The van der Waals surface area contributed by atoms with E-state index in [1.54, 1.807) is 54.9 Å². The Kier molecular flexibility index (Phi) is 13.9. The van der Waals surface area contributed by atoms with Crippen molar-refractivity contribution in [3.63, 3.8) is 0 Å². The molecule has 1 atom stereocenters. The lowest BCUT2D eigenvalue weighted by Gasteiger charge is -2.37. The molecule has 1 aromatic heterocycles. The van der Waals surface area contributed by atoms with Crippen molar-refractivity contribution < 1.29 is 49.4 Å². The Bertz CT molecular complexity index is 2890. The quantitative estimate of drug-likeness (QED) is 0.0542. The number of benzene rings is 5. The average Bonchev–Trinajstić information content (AvgIpc) is 3.55. The van der Waals surface area contributed by atoms with Crippen LogP contribution in [0.25, 0.3) is 22.4 Å². The van der Waals surface area contributed by atoms with Crippen molar-refractivity contribution in [1.82, 2.24) is 4.57 Å². The standard InChI is InChI=1S/C46H45F4N5O7S3/c1-30-42(45(57)58)43(44(53(30)2)31-11-13-33(47)14-12-31)32-7-6-8-37(27-32)55-24-22-54(23-25-55)36-17-15-34(16-18-36)52-65(61,62)39-19-20-40(41(28-39)64(59,60)46(48,49)50)51-35(21-26-56)29-63-38-9-4-3-5-10-38/h3-20,27-28,35,51-52,56H,21-26,29H2,1-2H3,(H,57,58)/t35-/m1/s1. The number of piperazine rings is 1. The number of nitrogens with zero attached hydrogens (tertiary/aromatic N) is 3. The lowest BCUT2D eigenvalue weighted by atomic mass is 9.96. The molecule has 0 radical (unpaired) electrons. The van der Waals surface area contributed by atoms with Gasteiger partial charge in [-0.25, -0.2) is 26.0 Å². The molecule has 65 heavy (non-hydrogen) atoms. The molecule has 0 saturated carbocycles. The Hall–Kier alpha value is -6.02. The maximum atomic E-state index is 14.0. The minimum atomic E-state index is -6.03. The van der Waals surface area contributed by atoms with Crippen LogP contribution in [0.5, 0.6) is 0 Å². The summed E-state index contributed by atoms with van der Waals surface area (Å²) in [5.41, 5.74) is -1.22. The van der Waals surface area contributed by atoms with Crippen LogP contribution in [0.1, 0.15) is 22.5 Å². The summed E-state index contributed by atoms with van der Waals surface area (Å²) in [7, 11) is -8.85. The molecule has 5 aromatic carbocycles. The van der Waals surface area contributed by atoms with Crippen LogP contribution >= 0.6 is 11.8 Å². The fraction of sp³-hybridized carbons (Fsp3) is 0.239. The molecule has 2 heterocycles. The molecule has 7 rings (SSSR count). The zero-order chi connectivity index (χ0) is 46.7. The summed E-state index contributed by atoms with van der Waals surface area (Å²) in [6.07, 6.45) is 0.0691. The number of sulfone groups is 1. The zero-order valence-electron chi connectivity index (χ0n) is 35.1. The van der Waals surface area contributed by atoms with Gasteiger partial charge in [0.2, 0.25) is 0 Å². The van der Waals surface area contributed by atoms with E-state index in [-0.39, 0.29) is 30.0 Å². The van der Waals surface area contributed by atoms with E-state index in [4.69, 9.17) is 0 Å². The van der Waals surface area contributed by atoms with Crippen LogP contribution in [0, 0.1) is 12.7 Å². The first-order valence-corrected chi connectivity index (χ1v) is 24.3. The zero-order valence-corrected chi connectivity index (χ0v) is 37.5. The molecule has 1 fully saturated rings. The highest BCUT2D eigenvalue weighted by Crippen LogP contribution is 2.41. The van der Waals surface area contributed by atoms with Gasteiger partial charge in [0.25, 0.3) is 19.9 Å². The summed E-state index contributed by atoms with van der Waals surface area (Å²) in [6, 6.07) is 30.8. The number of carboxylic acids is 1. The van der Waals surface area contributed by atoms with E-state index in [9.17, 15) is 49.4 Å². The Balaban J connectivity index is 1.05. The maximum Gasteiger partial charge on any atom is 0.501 e. The number of carboxylic acid groups (broad SMARTS) is 1. The third-order valence-corrected chi connectivity index (χ3v) is 15.3. The van der Waals surface area contributed by atoms with Gasteiger partial charge < -0.3 is 29.9 Å². The number of thioether (sulfide) groups is 1. The fourth-order valence-corrected chi connectivity index (χ4v) is 10.8. The monoisotopic (exact) mass is 951 g/mol. The lowest BCUT2D eigenvalue weighted by molar-refractivity contribution is -0.0436. The number of hydrogen-bond donors (Lipinski definition) is 4. The third-order valence-electron chi connectivity index (χ3n) is 11.2. The summed E-state index contributed by atoms with van der Waals surface area (Å²) in [5, 5.41) is 22.7. The summed E-state index contributed by atoms with van der Waals surface area (Å²) >= 11 is 1.35. The largest absolute Gasteiger partial charge is 0.501 e. The predicted molar refractivity (Wildman–Crippen MR) is 246 cm³/mol. The second kappa shape index (κ2) is 19.2. The molecule has 4 N–H and O–H groups in total. The second-order valence-corrected chi connectivity index (χ2v) is 20.0. The maximum absolute atomic E-state index is 14.0. The van der Waals surface area contributed by atoms with Crippen molar-refractivity contribution in [2.45, 2.75) is 39.6 Å². The van der Waals surface area contributed by atoms with Gasteiger partial charge in [-0.2, -0.15) is 13.2 Å². The summed E-state index contributed by atoms with van der Waals surface area (Å²) < 4.78 is 113. The fourth-order valence-electron chi connectivity index (χ4n) is 7.75. The number of anilines is 4. The second-order valence-electron chi connectivity index (χ2n) is 15.3. The van der Waals surface area contributed by atoms with Crippen molar-refractivity contribution >= 4 is 60.3 Å². The molecule has 0 unspecified atom stereocenters. The van der Waals surface area contributed by atoms with Gasteiger partial charge in [-0.05, 0) is 115 Å². The van der Waals surface area contributed by atoms with Crippen LogP contribution in [0.3, 0.4) is 0 Å². The minimum Gasteiger partial charge on any atom is -0.478 e. The van der Waals surface area contributed by atoms with Crippen LogP contribution in [-0.2, 0) is 26.9 Å². The number of halogens is 4. The minimum absolute atomic E-state index is 0.0691. The molecule has 6 aromatic rings. The molecule has 342 valence electrons. The van der Waals surface area contributed by atoms with E-state index in [1.165, 1.54) is 36.0 Å². The smallest absolute Gasteiger partial charge is 0.478 e. The van der Waals surface area contributed by atoms with Gasteiger partial charge >= 0.3 is 11.5 Å². The average molecular weight is 952 g/mol. The van der Waals surface area contributed by atoms with Crippen LogP contribution in [0.15, 0.2) is 136 Å². The number of carbonyl (C=O) groups is 1. The SMILES string of the molecule is Cc1c(C(=O)O)c(-c2cccc(N3CCN(c4ccc(NS(=O)(=O)c5ccc(N[C@H](CCO)CSc6ccccc6)c(S(=O)(=O)C(F)(F)F)c5)cc4)CC3)c2)c(-c2ccc(F)cc2)n1C. The molecule has 1 aliphatic rings. The first-order valence-electron chi connectivity index (χ1n) is 20.3. The van der Waals surface area contributed by atoms with Gasteiger partial charge in [-0.3, -0.25) is 4.72 Å². The summed E-state index contributed by atoms with van der Waals surface area (Å²) in [5.74, 6) is -1.23. The van der Waals surface area contributed by atoms with Crippen molar-refractivity contribution in [2.24, 2.45) is 7.05 Å². The van der Waals surface area contributed by atoms with Crippen molar-refractivity contribution in [3.05, 3.63) is 138 Å². The van der Waals surface area contributed by atoms with Gasteiger partial charge in [0.05, 0.1) is 21.8 Å². The Morgan fingerprint density at radius 3 is 2.06 bits per heavy atom. The Labute approximate surface area is 378 Å². The number of rotatable bonds is 16. The first kappa shape index (κ1) is 47.0. The van der Waals surface area contributed by atoms with Gasteiger partial charge in [0.1, 0.15) is 10.7 Å². The summed E-state index contributed by atoms with van der Waals surface area (Å²) in [6.45, 7) is 3.71. The molecule has 1 saturated heterocycles. The number of alkyl halides is 3. The molecule has 0 bridgehead atoms. The highest BCUT2D eigenvalue weighted by molar-refractivity contribution is 7.99. The van der Waals surface area contributed by atoms with Crippen LogP contribution in [-0.4, -0.2) is 87.7 Å². The van der Waals surface area contributed by atoms with Gasteiger partial charge in [-0.1, -0.05) is 30.3 Å². The number of aliphatic hydroxyl groups excluding tert-OH is 1. The van der Waals surface area contributed by atoms with Crippen molar-refractivity contribution in [3.8, 4) is 22.4 Å². The number of aromatic nitrogens is 1. The van der Waals surface area contributed by atoms with E-state index in [0.29, 0.717) is 60.3 Å². The highest BCUT2D eigenvalue weighted by Gasteiger charge is 2.48. The Morgan fingerprint density at radius 2 is 1.45 bits per heavy atom. The molecule has 0 aliphatic carbocycles. The highest BCUT2D eigenvalue weighted by atomic mass is 32.2. The van der Waals surface area contributed by atoms with E-state index in [0.717, 1.165) is 28.4 Å². The van der Waals surface area contributed by atoms with Crippen molar-refractivity contribution in [1.29, 1.82) is 0 Å². The van der Waals surface area contributed by atoms with Gasteiger partial charge in [0, 0.05) is 84.8 Å². The van der Waals surface area contributed by atoms with E-state index in [2.05, 4.69) is 19.8 Å². The lowest BCUT2D eigenvalue weighted by Crippen LogP contribution is -2.46. The van der Waals surface area contributed by atoms with Gasteiger partial charge in [0.15, 0.2) is 0 Å². The number of aliphatic hydroxyl groups is 1. The molecule has 0 amide bonds. The number of nitrogens with one attached hydrogen (secondary N) is 2. The predicted octanol–water partition coefficient (Wildman–Crippen LogP) is 8.88. The molecular formula is C46H45F4N5O7S3. The van der Waals surface area contributed by atoms with Gasteiger partial charge in [-0.15, -0.1) is 11.8 Å². The number of sulfonamides is 1. The molecular weight excluding hydrogens is 907 g/mol. The molecule has 12 nitrogen and oxygen atoms in total. The third kappa shape index (κ3) is 10.3. The van der Waals surface area contributed by atoms with Crippen LogP contribution in [0.4, 0.5) is 40.3 Å². The van der Waals surface area contributed by atoms with Crippen molar-refractivity contribution in [2.75, 3.05) is 58.4 Å². The van der Waals surface area contributed by atoms with E-state index >= 15 is 0 Å². The van der Waals surface area contributed by atoms with Crippen LogP contribution < -0.4 is 19.8 Å².